The van der Waals surface area contributed by atoms with Crippen LogP contribution in [0.1, 0.15) is 64.7 Å². The van der Waals surface area contributed by atoms with Gasteiger partial charge in [0.25, 0.3) is 0 Å². The van der Waals surface area contributed by atoms with Crippen molar-refractivity contribution in [1.82, 2.24) is 0 Å². The molecular formula is C19H30O3. The monoisotopic (exact) mass is 306 g/mol. The fourth-order valence-corrected chi connectivity index (χ4v) is 7.13. The van der Waals surface area contributed by atoms with Crippen molar-refractivity contribution in [3.63, 3.8) is 0 Å². The third-order valence-electron chi connectivity index (χ3n) is 8.37. The molecule has 0 aliphatic heterocycles. The van der Waals surface area contributed by atoms with Crippen LogP contribution in [0.2, 0.25) is 0 Å². The first kappa shape index (κ1) is 15.1. The summed E-state index contributed by atoms with van der Waals surface area (Å²) in [5.41, 5.74) is -0.0801. The molecule has 0 spiro atoms. The summed E-state index contributed by atoms with van der Waals surface area (Å²) < 4.78 is 0. The van der Waals surface area contributed by atoms with Gasteiger partial charge in [-0.15, -0.1) is 0 Å². The van der Waals surface area contributed by atoms with Crippen LogP contribution in [0.5, 0.6) is 0 Å². The minimum Gasteiger partial charge on any atom is -0.393 e. The molecule has 0 aromatic carbocycles. The molecule has 4 aliphatic rings. The van der Waals surface area contributed by atoms with Gasteiger partial charge >= 0.3 is 0 Å². The average molecular weight is 306 g/mol. The molecule has 4 fully saturated rings. The lowest BCUT2D eigenvalue weighted by Gasteiger charge is -2.59. The van der Waals surface area contributed by atoms with Gasteiger partial charge < -0.3 is 15.0 Å². The van der Waals surface area contributed by atoms with Gasteiger partial charge in [-0.2, -0.15) is 0 Å². The number of aldehydes is 1. The third-order valence-corrected chi connectivity index (χ3v) is 8.37. The van der Waals surface area contributed by atoms with Gasteiger partial charge in [-0.25, -0.2) is 0 Å². The molecule has 0 heterocycles. The molecular weight excluding hydrogens is 276 g/mol. The SMILES string of the molecule is C[C@]12CC[C@H]3[C@@H](CC[C@H]4C[C@@H](O)CC[C@@]43C=O)[C@@H]1CC[C@@H]2O. The van der Waals surface area contributed by atoms with E-state index in [0.29, 0.717) is 23.7 Å². The second kappa shape index (κ2) is 5.04. The minimum absolute atomic E-state index is 0.0895. The van der Waals surface area contributed by atoms with Gasteiger partial charge in [-0.1, -0.05) is 6.92 Å². The molecule has 0 unspecified atom stereocenters. The summed E-state index contributed by atoms with van der Waals surface area (Å²) in [6, 6.07) is 0. The smallest absolute Gasteiger partial charge is 0.126 e. The summed E-state index contributed by atoms with van der Waals surface area (Å²) in [6.07, 6.45) is 10.0. The highest BCUT2D eigenvalue weighted by Crippen LogP contribution is 2.65. The van der Waals surface area contributed by atoms with Crippen molar-refractivity contribution < 1.29 is 15.0 Å². The molecule has 0 aromatic heterocycles. The Morgan fingerprint density at radius 3 is 2.55 bits per heavy atom. The summed E-state index contributed by atoms with van der Waals surface area (Å²) in [7, 11) is 0. The molecule has 2 N–H and O–H groups in total. The Bertz CT molecular complexity index is 464. The molecule has 124 valence electrons. The van der Waals surface area contributed by atoms with Crippen LogP contribution in [0, 0.1) is 34.5 Å². The van der Waals surface area contributed by atoms with E-state index < -0.39 is 0 Å². The lowest BCUT2D eigenvalue weighted by molar-refractivity contribution is -0.155. The second-order valence-corrected chi connectivity index (χ2v) is 8.95. The molecule has 0 amide bonds. The van der Waals surface area contributed by atoms with Crippen molar-refractivity contribution in [1.29, 1.82) is 0 Å². The van der Waals surface area contributed by atoms with E-state index in [1.807, 2.05) is 0 Å². The lowest BCUT2D eigenvalue weighted by Crippen LogP contribution is -2.56. The van der Waals surface area contributed by atoms with E-state index in [0.717, 1.165) is 51.4 Å². The molecule has 4 saturated carbocycles. The van der Waals surface area contributed by atoms with Gasteiger partial charge in [0.2, 0.25) is 0 Å². The van der Waals surface area contributed by atoms with E-state index in [1.54, 1.807) is 0 Å². The number of aliphatic hydroxyl groups is 2. The first-order valence-corrected chi connectivity index (χ1v) is 9.34. The molecule has 0 bridgehead atoms. The van der Waals surface area contributed by atoms with Gasteiger partial charge in [-0.05, 0) is 86.9 Å². The van der Waals surface area contributed by atoms with E-state index in [9.17, 15) is 15.0 Å². The Labute approximate surface area is 133 Å². The van der Waals surface area contributed by atoms with Crippen molar-refractivity contribution in [2.75, 3.05) is 0 Å². The highest BCUT2D eigenvalue weighted by atomic mass is 16.3. The topological polar surface area (TPSA) is 57.5 Å². The highest BCUT2D eigenvalue weighted by Gasteiger charge is 2.61. The first-order chi connectivity index (χ1) is 10.5. The fourth-order valence-electron chi connectivity index (χ4n) is 7.13. The molecule has 22 heavy (non-hydrogen) atoms. The van der Waals surface area contributed by atoms with Crippen molar-refractivity contribution in [2.24, 2.45) is 34.5 Å². The lowest BCUT2D eigenvalue weighted by atomic mass is 9.45. The second-order valence-electron chi connectivity index (χ2n) is 8.95. The number of rotatable bonds is 1. The molecule has 3 nitrogen and oxygen atoms in total. The van der Waals surface area contributed by atoms with Crippen LogP contribution in [0.15, 0.2) is 0 Å². The van der Waals surface area contributed by atoms with Crippen LogP contribution in [0.3, 0.4) is 0 Å². The van der Waals surface area contributed by atoms with Crippen LogP contribution in [-0.2, 0) is 4.79 Å². The zero-order valence-corrected chi connectivity index (χ0v) is 13.7. The molecule has 4 rings (SSSR count). The number of fused-ring (bicyclic) bond motifs is 5. The maximum atomic E-state index is 12.2. The normalized spacial score (nSPS) is 57.6. The summed E-state index contributed by atoms with van der Waals surface area (Å²) in [5.74, 6) is 2.11. The maximum absolute atomic E-state index is 12.2. The van der Waals surface area contributed by atoms with E-state index in [-0.39, 0.29) is 23.0 Å². The molecule has 8 atom stereocenters. The molecule has 0 aromatic rings. The standard InChI is InChI=1S/C19H30O3/c1-18-8-7-16-14(15(18)4-5-17(18)22)3-2-12-10-13(21)6-9-19(12,16)11-20/h11-17,21-22H,2-10H2,1H3/t12-,13-,14-,15-,16-,17-,18-,19+/m0/s1. The molecule has 3 heteroatoms. The number of hydrogen-bond donors (Lipinski definition) is 2. The van der Waals surface area contributed by atoms with E-state index in [4.69, 9.17) is 0 Å². The summed E-state index contributed by atoms with van der Waals surface area (Å²) in [6.45, 7) is 2.29. The van der Waals surface area contributed by atoms with Crippen molar-refractivity contribution in [3.05, 3.63) is 0 Å². The van der Waals surface area contributed by atoms with Crippen LogP contribution in [0.4, 0.5) is 0 Å². The zero-order valence-electron chi connectivity index (χ0n) is 13.7. The highest BCUT2D eigenvalue weighted by molar-refractivity contribution is 5.61. The minimum atomic E-state index is -0.197. The Balaban J connectivity index is 1.66. The number of carbonyl (C=O) groups excluding carboxylic acids is 1. The third kappa shape index (κ3) is 1.84. The van der Waals surface area contributed by atoms with Crippen LogP contribution in [-0.4, -0.2) is 28.7 Å². The van der Waals surface area contributed by atoms with Crippen molar-refractivity contribution >= 4 is 6.29 Å². The summed E-state index contributed by atoms with van der Waals surface area (Å²) >= 11 is 0. The molecule has 0 radical (unpaired) electrons. The summed E-state index contributed by atoms with van der Waals surface area (Å²) in [5, 5.41) is 20.5. The van der Waals surface area contributed by atoms with Gasteiger partial charge in [0.05, 0.1) is 12.2 Å². The molecule has 4 aliphatic carbocycles. The van der Waals surface area contributed by atoms with E-state index in [1.165, 1.54) is 12.7 Å². The number of hydrogen-bond acceptors (Lipinski definition) is 3. The Hall–Kier alpha value is -0.410. The predicted molar refractivity (Wildman–Crippen MR) is 84.1 cm³/mol. The average Bonchev–Trinajstić information content (AvgIpc) is 2.82. The molecule has 0 saturated heterocycles. The maximum Gasteiger partial charge on any atom is 0.126 e. The Kier molecular flexibility index (Phi) is 3.47. The van der Waals surface area contributed by atoms with Gasteiger partial charge in [0.15, 0.2) is 0 Å². The quantitative estimate of drug-likeness (QED) is 0.732. The Morgan fingerprint density at radius 2 is 1.77 bits per heavy atom. The van der Waals surface area contributed by atoms with Crippen LogP contribution in [0.25, 0.3) is 0 Å². The zero-order chi connectivity index (χ0) is 15.5. The van der Waals surface area contributed by atoms with Gasteiger partial charge in [0, 0.05) is 5.41 Å². The van der Waals surface area contributed by atoms with Gasteiger partial charge in [0.1, 0.15) is 6.29 Å². The Morgan fingerprint density at radius 1 is 0.955 bits per heavy atom. The van der Waals surface area contributed by atoms with Gasteiger partial charge in [-0.3, -0.25) is 0 Å². The van der Waals surface area contributed by atoms with Crippen LogP contribution >= 0.6 is 0 Å². The fraction of sp³-hybridized carbons (Fsp3) is 0.947. The first-order valence-electron chi connectivity index (χ1n) is 9.34. The van der Waals surface area contributed by atoms with E-state index >= 15 is 0 Å². The van der Waals surface area contributed by atoms with Crippen molar-refractivity contribution in [2.45, 2.75) is 76.9 Å². The van der Waals surface area contributed by atoms with Crippen LogP contribution < -0.4 is 0 Å². The van der Waals surface area contributed by atoms with E-state index in [2.05, 4.69) is 6.92 Å². The largest absolute Gasteiger partial charge is 0.393 e. The summed E-state index contributed by atoms with van der Waals surface area (Å²) in [4.78, 5) is 12.2. The predicted octanol–water partition coefficient (Wildman–Crippen LogP) is 2.93. The number of aliphatic hydroxyl groups excluding tert-OH is 2. The number of carbonyl (C=O) groups is 1. The van der Waals surface area contributed by atoms with Crippen molar-refractivity contribution in [3.8, 4) is 0 Å².